The molecule has 1 atom stereocenters. The summed E-state index contributed by atoms with van der Waals surface area (Å²) in [6.07, 6.45) is 2.63. The van der Waals surface area contributed by atoms with Crippen LogP contribution in [-0.2, 0) is 6.42 Å². The highest BCUT2D eigenvalue weighted by molar-refractivity contribution is 5.75. The molecule has 0 aliphatic rings. The van der Waals surface area contributed by atoms with Crippen LogP contribution in [-0.4, -0.2) is 22.6 Å². The van der Waals surface area contributed by atoms with Crippen LogP contribution in [0, 0.1) is 0 Å². The molecular weight excluding hydrogens is 260 g/mol. The Bertz CT molecular complexity index is 712. The fourth-order valence-corrected chi connectivity index (χ4v) is 2.33. The monoisotopic (exact) mass is 278 g/mol. The molecule has 4 heteroatoms. The van der Waals surface area contributed by atoms with E-state index >= 15 is 0 Å². The lowest BCUT2D eigenvalue weighted by atomic mass is 10.1. The summed E-state index contributed by atoms with van der Waals surface area (Å²) in [5.41, 5.74) is 8.91. The van der Waals surface area contributed by atoms with Gasteiger partial charge in [0.05, 0.1) is 17.2 Å². The molecule has 0 bridgehead atoms. The second-order valence-corrected chi connectivity index (χ2v) is 5.01. The topological polar surface area (TPSA) is 63.8 Å². The largest absolute Gasteiger partial charge is 0.364 e. The minimum absolute atomic E-state index is 0.142. The Hall–Kier alpha value is -2.46. The number of benzene rings is 2. The number of nitrogens with two attached hydrogens (primary N) is 1. The van der Waals surface area contributed by atoms with Crippen LogP contribution in [0.5, 0.6) is 0 Å². The van der Waals surface area contributed by atoms with Crippen molar-refractivity contribution in [2.45, 2.75) is 12.5 Å². The number of para-hydroxylation sites is 2. The Morgan fingerprint density at radius 2 is 1.67 bits per heavy atom. The molecule has 2 aromatic carbocycles. The lowest BCUT2D eigenvalue weighted by molar-refractivity contribution is 0.720. The van der Waals surface area contributed by atoms with Gasteiger partial charge in [-0.1, -0.05) is 42.5 Å². The third-order valence-electron chi connectivity index (χ3n) is 3.41. The number of rotatable bonds is 5. The number of aromatic nitrogens is 2. The first-order valence-electron chi connectivity index (χ1n) is 7.07. The summed E-state index contributed by atoms with van der Waals surface area (Å²) in [7, 11) is 0. The molecule has 3 rings (SSSR count). The molecule has 3 N–H and O–H groups in total. The smallest absolute Gasteiger partial charge is 0.145 e. The zero-order chi connectivity index (χ0) is 14.5. The molecule has 21 heavy (non-hydrogen) atoms. The molecular formula is C17H18N4. The van der Waals surface area contributed by atoms with Crippen molar-refractivity contribution in [3.05, 3.63) is 66.4 Å². The quantitative estimate of drug-likeness (QED) is 0.753. The van der Waals surface area contributed by atoms with E-state index < -0.39 is 0 Å². The average Bonchev–Trinajstić information content (AvgIpc) is 2.55. The fraction of sp³-hybridized carbons (Fsp3) is 0.176. The van der Waals surface area contributed by atoms with E-state index in [9.17, 15) is 0 Å². The Kier molecular flexibility index (Phi) is 4.07. The number of fused-ring (bicyclic) bond motifs is 1. The van der Waals surface area contributed by atoms with Crippen LogP contribution in [0.3, 0.4) is 0 Å². The number of hydrogen-bond donors (Lipinski definition) is 2. The molecule has 0 saturated carbocycles. The molecule has 3 aromatic rings. The third kappa shape index (κ3) is 3.35. The van der Waals surface area contributed by atoms with E-state index in [0.29, 0.717) is 6.54 Å². The molecule has 1 aromatic heterocycles. The molecule has 1 unspecified atom stereocenters. The Morgan fingerprint density at radius 3 is 2.43 bits per heavy atom. The van der Waals surface area contributed by atoms with Crippen molar-refractivity contribution in [1.82, 2.24) is 9.97 Å². The van der Waals surface area contributed by atoms with Crippen molar-refractivity contribution < 1.29 is 0 Å². The number of anilines is 1. The summed E-state index contributed by atoms with van der Waals surface area (Å²) >= 11 is 0. The van der Waals surface area contributed by atoms with Crippen LogP contribution in [0.15, 0.2) is 60.8 Å². The van der Waals surface area contributed by atoms with Crippen molar-refractivity contribution in [3.8, 4) is 0 Å². The predicted octanol–water partition coefficient (Wildman–Crippen LogP) is 2.61. The SMILES string of the molecule is NCC(Cc1ccccc1)Nc1cnc2ccccc2n1. The van der Waals surface area contributed by atoms with Crippen molar-refractivity contribution in [3.63, 3.8) is 0 Å². The highest BCUT2D eigenvalue weighted by Gasteiger charge is 2.09. The van der Waals surface area contributed by atoms with Gasteiger partial charge in [-0.05, 0) is 24.1 Å². The number of hydrogen-bond acceptors (Lipinski definition) is 4. The molecule has 0 aliphatic heterocycles. The van der Waals surface area contributed by atoms with Crippen LogP contribution < -0.4 is 11.1 Å². The summed E-state index contributed by atoms with van der Waals surface area (Å²) < 4.78 is 0. The molecule has 0 spiro atoms. The second kappa shape index (κ2) is 6.33. The van der Waals surface area contributed by atoms with E-state index in [-0.39, 0.29) is 6.04 Å². The number of nitrogens with zero attached hydrogens (tertiary/aromatic N) is 2. The van der Waals surface area contributed by atoms with Crippen molar-refractivity contribution in [1.29, 1.82) is 0 Å². The average molecular weight is 278 g/mol. The molecule has 0 amide bonds. The zero-order valence-corrected chi connectivity index (χ0v) is 11.7. The van der Waals surface area contributed by atoms with Gasteiger partial charge in [-0.15, -0.1) is 0 Å². The van der Waals surface area contributed by atoms with Gasteiger partial charge in [0.1, 0.15) is 5.82 Å². The summed E-state index contributed by atoms with van der Waals surface area (Å²) in [6.45, 7) is 0.545. The maximum Gasteiger partial charge on any atom is 0.145 e. The van der Waals surface area contributed by atoms with Gasteiger partial charge in [0.25, 0.3) is 0 Å². The van der Waals surface area contributed by atoms with Gasteiger partial charge < -0.3 is 11.1 Å². The molecule has 106 valence electrons. The summed E-state index contributed by atoms with van der Waals surface area (Å²) in [6, 6.07) is 18.3. The molecule has 0 fully saturated rings. The van der Waals surface area contributed by atoms with Gasteiger partial charge in [0, 0.05) is 12.6 Å². The van der Waals surface area contributed by atoms with Gasteiger partial charge >= 0.3 is 0 Å². The van der Waals surface area contributed by atoms with E-state index in [1.54, 1.807) is 6.20 Å². The zero-order valence-electron chi connectivity index (χ0n) is 11.7. The Balaban J connectivity index is 1.76. The molecule has 1 heterocycles. The maximum atomic E-state index is 5.87. The van der Waals surface area contributed by atoms with Crippen molar-refractivity contribution in [2.24, 2.45) is 5.73 Å². The van der Waals surface area contributed by atoms with Crippen LogP contribution in [0.2, 0.25) is 0 Å². The van der Waals surface area contributed by atoms with E-state index in [1.165, 1.54) is 5.56 Å². The predicted molar refractivity (Wildman–Crippen MR) is 86.1 cm³/mol. The van der Waals surface area contributed by atoms with Crippen LogP contribution in [0.1, 0.15) is 5.56 Å². The van der Waals surface area contributed by atoms with E-state index in [0.717, 1.165) is 23.3 Å². The van der Waals surface area contributed by atoms with Gasteiger partial charge in [0.2, 0.25) is 0 Å². The van der Waals surface area contributed by atoms with E-state index in [4.69, 9.17) is 5.73 Å². The van der Waals surface area contributed by atoms with Crippen LogP contribution >= 0.6 is 0 Å². The normalized spacial score (nSPS) is 12.2. The van der Waals surface area contributed by atoms with Crippen LogP contribution in [0.25, 0.3) is 11.0 Å². The molecule has 0 saturated heterocycles. The van der Waals surface area contributed by atoms with Gasteiger partial charge in [-0.25, -0.2) is 4.98 Å². The van der Waals surface area contributed by atoms with Crippen LogP contribution in [0.4, 0.5) is 5.82 Å². The highest BCUT2D eigenvalue weighted by Crippen LogP contribution is 2.13. The first kappa shape index (κ1) is 13.5. The minimum atomic E-state index is 0.142. The van der Waals surface area contributed by atoms with Crippen molar-refractivity contribution in [2.75, 3.05) is 11.9 Å². The molecule has 0 aliphatic carbocycles. The molecule has 4 nitrogen and oxygen atoms in total. The first-order valence-corrected chi connectivity index (χ1v) is 7.07. The minimum Gasteiger partial charge on any atom is -0.364 e. The van der Waals surface area contributed by atoms with Gasteiger partial charge in [0.15, 0.2) is 0 Å². The highest BCUT2D eigenvalue weighted by atomic mass is 15.0. The standard InChI is InChI=1S/C17H18N4/c18-11-14(10-13-6-2-1-3-7-13)20-17-12-19-15-8-4-5-9-16(15)21-17/h1-9,12,14H,10-11,18H2,(H,20,21). The van der Waals surface area contributed by atoms with E-state index in [2.05, 4.69) is 27.4 Å². The van der Waals surface area contributed by atoms with Gasteiger partial charge in [-0.3, -0.25) is 4.98 Å². The summed E-state index contributed by atoms with van der Waals surface area (Å²) in [5.74, 6) is 0.764. The Morgan fingerprint density at radius 1 is 0.952 bits per heavy atom. The second-order valence-electron chi connectivity index (χ2n) is 5.01. The Labute approximate surface area is 124 Å². The maximum absolute atomic E-state index is 5.87. The van der Waals surface area contributed by atoms with E-state index in [1.807, 2.05) is 42.5 Å². The summed E-state index contributed by atoms with van der Waals surface area (Å²) in [5, 5.41) is 3.37. The summed E-state index contributed by atoms with van der Waals surface area (Å²) in [4.78, 5) is 8.99. The first-order chi connectivity index (χ1) is 10.3. The number of nitrogens with one attached hydrogen (secondary N) is 1. The van der Waals surface area contributed by atoms with Gasteiger partial charge in [-0.2, -0.15) is 0 Å². The van der Waals surface area contributed by atoms with Crippen molar-refractivity contribution >= 4 is 16.9 Å². The fourth-order valence-electron chi connectivity index (χ4n) is 2.33. The third-order valence-corrected chi connectivity index (χ3v) is 3.41. The molecule has 0 radical (unpaired) electrons. The lowest BCUT2D eigenvalue weighted by Crippen LogP contribution is -2.31. The lowest BCUT2D eigenvalue weighted by Gasteiger charge is -2.17.